The maximum atomic E-state index is 12.2. The first-order valence-corrected chi connectivity index (χ1v) is 8.09. The van der Waals surface area contributed by atoms with E-state index in [0.717, 1.165) is 17.8 Å². The Morgan fingerprint density at radius 2 is 2.20 bits per heavy atom. The maximum Gasteiger partial charge on any atom is 0.196 e. The number of nitrogens with one attached hydrogen (secondary N) is 2. The number of rotatable bonds is 6. The molecule has 0 amide bonds. The van der Waals surface area contributed by atoms with Gasteiger partial charge >= 0.3 is 0 Å². The number of anilines is 1. The van der Waals surface area contributed by atoms with Gasteiger partial charge in [0.15, 0.2) is 5.16 Å². The lowest BCUT2D eigenvalue weighted by molar-refractivity contribution is 0.676. The molecule has 4 nitrogen and oxygen atoms in total. The van der Waals surface area contributed by atoms with Crippen LogP contribution in [0, 0.1) is 12.8 Å². The predicted octanol–water partition coefficient (Wildman–Crippen LogP) is 3.09. The molecular formula is C15H21N3OS. The summed E-state index contributed by atoms with van der Waals surface area (Å²) in [5.41, 5.74) is 3.33. The molecule has 1 atom stereocenters. The maximum absolute atomic E-state index is 12.2. The second-order valence-corrected chi connectivity index (χ2v) is 6.69. The molecule has 108 valence electrons. The lowest BCUT2D eigenvalue weighted by Crippen LogP contribution is -2.11. The zero-order valence-corrected chi connectivity index (χ0v) is 13.0. The van der Waals surface area contributed by atoms with Crippen LogP contribution in [0.5, 0.6) is 0 Å². The summed E-state index contributed by atoms with van der Waals surface area (Å²) in [5.74, 6) is 1.03. The summed E-state index contributed by atoms with van der Waals surface area (Å²) in [4.78, 5) is 6.96. The molecule has 0 aliphatic carbocycles. The van der Waals surface area contributed by atoms with Crippen molar-refractivity contribution in [1.29, 1.82) is 0 Å². The second kappa shape index (κ2) is 6.70. The van der Waals surface area contributed by atoms with Gasteiger partial charge in [-0.1, -0.05) is 26.0 Å². The van der Waals surface area contributed by atoms with Gasteiger partial charge in [-0.25, -0.2) is 4.98 Å². The monoisotopic (exact) mass is 291 g/mol. The minimum absolute atomic E-state index is 0.466. The van der Waals surface area contributed by atoms with Crippen LogP contribution in [0.3, 0.4) is 0 Å². The van der Waals surface area contributed by atoms with E-state index in [-0.39, 0.29) is 0 Å². The minimum Gasteiger partial charge on any atom is -0.385 e. The van der Waals surface area contributed by atoms with Gasteiger partial charge < -0.3 is 10.3 Å². The van der Waals surface area contributed by atoms with Crippen molar-refractivity contribution in [1.82, 2.24) is 9.97 Å². The molecule has 0 aliphatic heterocycles. The van der Waals surface area contributed by atoms with Gasteiger partial charge in [-0.2, -0.15) is 0 Å². The second-order valence-electron chi connectivity index (χ2n) is 5.32. The summed E-state index contributed by atoms with van der Waals surface area (Å²) in [7, 11) is -1.14. The Morgan fingerprint density at radius 3 is 2.85 bits per heavy atom. The van der Waals surface area contributed by atoms with Crippen molar-refractivity contribution >= 4 is 16.5 Å². The summed E-state index contributed by atoms with van der Waals surface area (Å²) < 4.78 is 12.2. The molecule has 0 spiro atoms. The van der Waals surface area contributed by atoms with E-state index in [1.54, 1.807) is 12.4 Å². The van der Waals surface area contributed by atoms with Crippen LogP contribution in [-0.4, -0.2) is 20.7 Å². The molecule has 1 heterocycles. The molecule has 1 aromatic carbocycles. The van der Waals surface area contributed by atoms with Gasteiger partial charge in [0.05, 0.1) is 16.6 Å². The van der Waals surface area contributed by atoms with E-state index in [4.69, 9.17) is 0 Å². The molecule has 2 N–H and O–H groups in total. The Hall–Kier alpha value is -1.62. The average Bonchev–Trinajstić information content (AvgIpc) is 2.93. The third-order valence-electron chi connectivity index (χ3n) is 2.94. The fraction of sp³-hybridized carbons (Fsp3) is 0.400. The Kier molecular flexibility index (Phi) is 4.95. The van der Waals surface area contributed by atoms with Gasteiger partial charge in [-0.15, -0.1) is 0 Å². The number of benzene rings is 1. The molecule has 20 heavy (non-hydrogen) atoms. The van der Waals surface area contributed by atoms with Crippen LogP contribution >= 0.6 is 0 Å². The summed E-state index contributed by atoms with van der Waals surface area (Å²) >= 11 is 0. The van der Waals surface area contributed by atoms with Gasteiger partial charge in [0.2, 0.25) is 0 Å². The van der Waals surface area contributed by atoms with E-state index in [1.165, 1.54) is 5.56 Å². The third-order valence-corrected chi connectivity index (χ3v) is 4.17. The Labute approximate surface area is 122 Å². The van der Waals surface area contributed by atoms with Crippen molar-refractivity contribution < 1.29 is 4.21 Å². The number of nitrogens with zero attached hydrogens (tertiary/aromatic N) is 1. The van der Waals surface area contributed by atoms with Crippen molar-refractivity contribution in [2.45, 2.75) is 31.7 Å². The van der Waals surface area contributed by atoms with Gasteiger partial charge in [-0.3, -0.25) is 4.21 Å². The first-order valence-electron chi connectivity index (χ1n) is 6.77. The van der Waals surface area contributed by atoms with Crippen LogP contribution in [-0.2, 0) is 16.6 Å². The van der Waals surface area contributed by atoms with E-state index >= 15 is 0 Å². The summed E-state index contributed by atoms with van der Waals surface area (Å²) in [6.45, 7) is 7.31. The molecule has 0 saturated heterocycles. The van der Waals surface area contributed by atoms with E-state index in [2.05, 4.69) is 48.2 Å². The van der Waals surface area contributed by atoms with Crippen LogP contribution < -0.4 is 5.32 Å². The minimum atomic E-state index is -1.14. The lowest BCUT2D eigenvalue weighted by Gasteiger charge is -2.14. The number of hydrogen-bond donors (Lipinski definition) is 2. The number of aryl methyl sites for hydroxylation is 1. The molecule has 2 aromatic rings. The largest absolute Gasteiger partial charge is 0.385 e. The van der Waals surface area contributed by atoms with Crippen LogP contribution in [0.25, 0.3) is 0 Å². The highest BCUT2D eigenvalue weighted by atomic mass is 32.2. The van der Waals surface area contributed by atoms with Gasteiger partial charge in [0.1, 0.15) is 0 Å². The van der Waals surface area contributed by atoms with E-state index in [0.29, 0.717) is 16.8 Å². The molecule has 0 aliphatic rings. The molecule has 2 rings (SSSR count). The molecule has 1 unspecified atom stereocenters. The zero-order chi connectivity index (χ0) is 14.5. The van der Waals surface area contributed by atoms with Gasteiger partial charge in [-0.05, 0) is 30.0 Å². The SMILES string of the molecule is Cc1ccc(CS(=O)c2ncc[nH]2)c(NCC(C)C)c1. The molecule has 5 heteroatoms. The highest BCUT2D eigenvalue weighted by Crippen LogP contribution is 2.21. The summed E-state index contributed by atoms with van der Waals surface area (Å²) in [6, 6.07) is 6.20. The number of H-pyrrole nitrogens is 1. The predicted molar refractivity (Wildman–Crippen MR) is 83.2 cm³/mol. The van der Waals surface area contributed by atoms with E-state index in [9.17, 15) is 4.21 Å². The summed E-state index contributed by atoms with van der Waals surface area (Å²) in [6.07, 6.45) is 3.32. The molecular weight excluding hydrogens is 270 g/mol. The molecule has 0 fully saturated rings. The number of hydrogen-bond acceptors (Lipinski definition) is 3. The van der Waals surface area contributed by atoms with E-state index < -0.39 is 10.8 Å². The normalized spacial score (nSPS) is 12.6. The van der Waals surface area contributed by atoms with Crippen LogP contribution in [0.4, 0.5) is 5.69 Å². The molecule has 0 bridgehead atoms. The van der Waals surface area contributed by atoms with Crippen molar-refractivity contribution in [3.05, 3.63) is 41.7 Å². The van der Waals surface area contributed by atoms with E-state index in [1.807, 2.05) is 6.07 Å². The summed E-state index contributed by atoms with van der Waals surface area (Å²) in [5, 5.41) is 3.97. The smallest absolute Gasteiger partial charge is 0.196 e. The highest BCUT2D eigenvalue weighted by molar-refractivity contribution is 7.84. The quantitative estimate of drug-likeness (QED) is 0.860. The number of imidazole rings is 1. The van der Waals surface area contributed by atoms with Crippen molar-refractivity contribution in [2.24, 2.45) is 5.92 Å². The third kappa shape index (κ3) is 3.93. The first kappa shape index (κ1) is 14.8. The molecule has 0 radical (unpaired) electrons. The fourth-order valence-corrected chi connectivity index (χ4v) is 2.93. The van der Waals surface area contributed by atoms with Crippen molar-refractivity contribution in [2.75, 3.05) is 11.9 Å². The Bertz CT molecular complexity index is 579. The number of aromatic nitrogens is 2. The van der Waals surface area contributed by atoms with Crippen LogP contribution in [0.15, 0.2) is 35.7 Å². The van der Waals surface area contributed by atoms with Crippen LogP contribution in [0.1, 0.15) is 25.0 Å². The van der Waals surface area contributed by atoms with Gasteiger partial charge in [0.25, 0.3) is 0 Å². The van der Waals surface area contributed by atoms with Gasteiger partial charge in [0, 0.05) is 24.6 Å². The lowest BCUT2D eigenvalue weighted by atomic mass is 10.1. The van der Waals surface area contributed by atoms with Crippen molar-refractivity contribution in [3.63, 3.8) is 0 Å². The molecule has 0 saturated carbocycles. The number of aromatic amines is 1. The average molecular weight is 291 g/mol. The highest BCUT2D eigenvalue weighted by Gasteiger charge is 2.11. The van der Waals surface area contributed by atoms with Crippen LogP contribution in [0.2, 0.25) is 0 Å². The Balaban J connectivity index is 2.16. The Morgan fingerprint density at radius 1 is 1.40 bits per heavy atom. The first-order chi connectivity index (χ1) is 9.56. The van der Waals surface area contributed by atoms with Crippen molar-refractivity contribution in [3.8, 4) is 0 Å². The topological polar surface area (TPSA) is 57.8 Å². The standard InChI is InChI=1S/C15H21N3OS/c1-11(2)9-18-14-8-12(3)4-5-13(14)10-20(19)15-16-6-7-17-15/h4-8,11,18H,9-10H2,1-3H3,(H,16,17). The zero-order valence-electron chi connectivity index (χ0n) is 12.1. The fourth-order valence-electron chi connectivity index (χ4n) is 1.88. The molecule has 1 aromatic heterocycles.